The van der Waals surface area contributed by atoms with E-state index in [-0.39, 0.29) is 0 Å². The predicted octanol–water partition coefficient (Wildman–Crippen LogP) is 4.36. The lowest BCUT2D eigenvalue weighted by Crippen LogP contribution is -1.90. The molecule has 0 saturated carbocycles. The summed E-state index contributed by atoms with van der Waals surface area (Å²) in [5.74, 6) is 0. The van der Waals surface area contributed by atoms with Gasteiger partial charge in [-0.3, -0.25) is 4.40 Å². The SMILES string of the molecule is Clc1ccc(-c2cc3nc(Cl)cn3cn2)c(Cl)c1. The maximum absolute atomic E-state index is 6.14. The first-order chi connectivity index (χ1) is 8.63. The van der Waals surface area contributed by atoms with Gasteiger partial charge in [-0.05, 0) is 18.2 Å². The Hall–Kier alpha value is -1.29. The summed E-state index contributed by atoms with van der Waals surface area (Å²) in [6, 6.07) is 7.10. The third-order valence-electron chi connectivity index (χ3n) is 2.53. The van der Waals surface area contributed by atoms with Gasteiger partial charge in [0.25, 0.3) is 0 Å². The summed E-state index contributed by atoms with van der Waals surface area (Å²) in [6.07, 6.45) is 3.34. The van der Waals surface area contributed by atoms with E-state index in [4.69, 9.17) is 34.8 Å². The van der Waals surface area contributed by atoms with Gasteiger partial charge in [0.2, 0.25) is 0 Å². The maximum atomic E-state index is 6.14. The highest BCUT2D eigenvalue weighted by Gasteiger charge is 2.08. The van der Waals surface area contributed by atoms with Crippen LogP contribution < -0.4 is 0 Å². The van der Waals surface area contributed by atoms with Crippen molar-refractivity contribution in [3.05, 3.63) is 52.0 Å². The van der Waals surface area contributed by atoms with E-state index in [0.717, 1.165) is 16.9 Å². The van der Waals surface area contributed by atoms with E-state index in [9.17, 15) is 0 Å². The Morgan fingerprint density at radius 1 is 1.06 bits per heavy atom. The van der Waals surface area contributed by atoms with E-state index in [1.54, 1.807) is 29.1 Å². The van der Waals surface area contributed by atoms with Crippen molar-refractivity contribution in [3.8, 4) is 11.3 Å². The lowest BCUT2D eigenvalue weighted by molar-refractivity contribution is 1.09. The summed E-state index contributed by atoms with van der Waals surface area (Å²) in [5, 5.41) is 1.57. The molecular formula is C12H6Cl3N3. The largest absolute Gasteiger partial charge is 0.289 e. The fraction of sp³-hybridized carbons (Fsp3) is 0. The van der Waals surface area contributed by atoms with Crippen LogP contribution in [0.4, 0.5) is 0 Å². The molecule has 0 saturated heterocycles. The zero-order valence-electron chi connectivity index (χ0n) is 8.94. The van der Waals surface area contributed by atoms with Crippen LogP contribution >= 0.6 is 34.8 Å². The zero-order chi connectivity index (χ0) is 12.7. The van der Waals surface area contributed by atoms with Gasteiger partial charge < -0.3 is 0 Å². The first-order valence-corrected chi connectivity index (χ1v) is 6.22. The van der Waals surface area contributed by atoms with Gasteiger partial charge >= 0.3 is 0 Å². The van der Waals surface area contributed by atoms with Gasteiger partial charge in [0, 0.05) is 22.8 Å². The molecule has 90 valence electrons. The monoisotopic (exact) mass is 297 g/mol. The molecular weight excluding hydrogens is 293 g/mol. The fourth-order valence-electron chi connectivity index (χ4n) is 1.70. The second-order valence-electron chi connectivity index (χ2n) is 3.73. The molecule has 0 aliphatic heterocycles. The van der Waals surface area contributed by atoms with Gasteiger partial charge in [-0.1, -0.05) is 34.8 Å². The van der Waals surface area contributed by atoms with E-state index in [0.29, 0.717) is 15.2 Å². The maximum Gasteiger partial charge on any atom is 0.148 e. The minimum Gasteiger partial charge on any atom is -0.289 e. The Balaban J connectivity index is 2.18. The molecule has 0 atom stereocenters. The number of hydrogen-bond acceptors (Lipinski definition) is 2. The average Bonchev–Trinajstić information content (AvgIpc) is 2.68. The van der Waals surface area contributed by atoms with E-state index in [1.165, 1.54) is 0 Å². The number of rotatable bonds is 1. The van der Waals surface area contributed by atoms with Crippen molar-refractivity contribution in [2.45, 2.75) is 0 Å². The molecule has 3 rings (SSSR count). The Morgan fingerprint density at radius 3 is 2.67 bits per heavy atom. The molecule has 1 aromatic carbocycles. The molecule has 0 aliphatic rings. The molecule has 0 radical (unpaired) electrons. The van der Waals surface area contributed by atoms with Crippen LogP contribution in [0.5, 0.6) is 0 Å². The molecule has 3 nitrogen and oxygen atoms in total. The summed E-state index contributed by atoms with van der Waals surface area (Å²) >= 11 is 17.8. The van der Waals surface area contributed by atoms with Crippen LogP contribution in [0.2, 0.25) is 15.2 Å². The van der Waals surface area contributed by atoms with Gasteiger partial charge in [0.15, 0.2) is 0 Å². The summed E-state index contributed by atoms with van der Waals surface area (Å²) in [6.45, 7) is 0. The molecule has 2 aromatic heterocycles. The highest BCUT2D eigenvalue weighted by molar-refractivity contribution is 6.36. The molecule has 0 unspecified atom stereocenters. The molecule has 0 amide bonds. The number of fused-ring (bicyclic) bond motifs is 1. The van der Waals surface area contributed by atoms with Gasteiger partial charge in [0.1, 0.15) is 17.1 Å². The highest BCUT2D eigenvalue weighted by Crippen LogP contribution is 2.29. The van der Waals surface area contributed by atoms with Gasteiger partial charge in [-0.2, -0.15) is 0 Å². The Labute approximate surface area is 118 Å². The fourth-order valence-corrected chi connectivity index (χ4v) is 2.40. The van der Waals surface area contributed by atoms with Crippen LogP contribution in [0.25, 0.3) is 16.9 Å². The zero-order valence-corrected chi connectivity index (χ0v) is 11.2. The molecule has 18 heavy (non-hydrogen) atoms. The van der Waals surface area contributed by atoms with Crippen molar-refractivity contribution in [2.75, 3.05) is 0 Å². The van der Waals surface area contributed by atoms with Crippen LogP contribution in [0.1, 0.15) is 0 Å². The molecule has 3 aromatic rings. The lowest BCUT2D eigenvalue weighted by Gasteiger charge is -2.04. The van der Waals surface area contributed by atoms with E-state index in [1.807, 2.05) is 12.1 Å². The standard InChI is InChI=1S/C12H6Cl3N3/c13-7-1-2-8(9(14)3-7)10-4-12-17-11(15)5-18(12)6-16-10/h1-6H. The molecule has 0 N–H and O–H groups in total. The van der Waals surface area contributed by atoms with Crippen LogP contribution in [0.3, 0.4) is 0 Å². The minimum absolute atomic E-state index is 0.427. The van der Waals surface area contributed by atoms with Gasteiger partial charge in [0.05, 0.1) is 10.7 Å². The molecule has 0 bridgehead atoms. The molecule has 2 heterocycles. The Morgan fingerprint density at radius 2 is 1.89 bits per heavy atom. The minimum atomic E-state index is 0.427. The third kappa shape index (κ3) is 2.05. The van der Waals surface area contributed by atoms with Crippen LogP contribution in [-0.2, 0) is 0 Å². The van der Waals surface area contributed by atoms with Crippen molar-refractivity contribution in [1.29, 1.82) is 0 Å². The first kappa shape index (κ1) is 11.8. The quantitative estimate of drug-likeness (QED) is 0.668. The smallest absolute Gasteiger partial charge is 0.148 e. The van der Waals surface area contributed by atoms with Crippen molar-refractivity contribution >= 4 is 40.4 Å². The Bertz CT molecular complexity index is 737. The summed E-state index contributed by atoms with van der Waals surface area (Å²) in [7, 11) is 0. The Kier molecular flexibility index (Phi) is 2.90. The molecule has 0 fully saturated rings. The molecule has 6 heteroatoms. The van der Waals surface area contributed by atoms with E-state index in [2.05, 4.69) is 9.97 Å². The van der Waals surface area contributed by atoms with Crippen LogP contribution in [0.15, 0.2) is 36.8 Å². The van der Waals surface area contributed by atoms with Crippen molar-refractivity contribution in [2.24, 2.45) is 0 Å². The number of halogens is 3. The van der Waals surface area contributed by atoms with Crippen molar-refractivity contribution < 1.29 is 0 Å². The van der Waals surface area contributed by atoms with Gasteiger partial charge in [-0.15, -0.1) is 0 Å². The lowest BCUT2D eigenvalue weighted by atomic mass is 10.1. The van der Waals surface area contributed by atoms with Crippen molar-refractivity contribution in [1.82, 2.24) is 14.4 Å². The number of nitrogens with zero attached hydrogens (tertiary/aromatic N) is 3. The normalized spacial score (nSPS) is 11.1. The number of imidazole rings is 1. The van der Waals surface area contributed by atoms with E-state index < -0.39 is 0 Å². The number of aromatic nitrogens is 3. The molecule has 0 aliphatic carbocycles. The third-order valence-corrected chi connectivity index (χ3v) is 3.26. The van der Waals surface area contributed by atoms with Crippen molar-refractivity contribution in [3.63, 3.8) is 0 Å². The molecule has 0 spiro atoms. The van der Waals surface area contributed by atoms with Crippen LogP contribution in [-0.4, -0.2) is 14.4 Å². The number of hydrogen-bond donors (Lipinski definition) is 0. The predicted molar refractivity (Wildman–Crippen MR) is 73.5 cm³/mol. The summed E-state index contributed by atoms with van der Waals surface area (Å²) < 4.78 is 1.75. The first-order valence-electron chi connectivity index (χ1n) is 5.09. The topological polar surface area (TPSA) is 30.2 Å². The summed E-state index contributed by atoms with van der Waals surface area (Å²) in [5.41, 5.74) is 2.25. The highest BCUT2D eigenvalue weighted by atomic mass is 35.5. The summed E-state index contributed by atoms with van der Waals surface area (Å²) in [4.78, 5) is 8.48. The van der Waals surface area contributed by atoms with Crippen LogP contribution in [0, 0.1) is 0 Å². The average molecular weight is 299 g/mol. The van der Waals surface area contributed by atoms with E-state index >= 15 is 0 Å². The second-order valence-corrected chi connectivity index (χ2v) is 4.96. The second kappa shape index (κ2) is 4.43. The van der Waals surface area contributed by atoms with Gasteiger partial charge in [-0.25, -0.2) is 9.97 Å². The number of benzene rings is 1.